The number of likely N-dealkylation sites (tertiary alicyclic amines) is 1. The number of nitrogens with zero attached hydrogens (tertiary/aromatic N) is 3. The first-order valence-electron chi connectivity index (χ1n) is 7.79. The van der Waals surface area contributed by atoms with E-state index in [1.807, 2.05) is 0 Å². The second kappa shape index (κ2) is 6.98. The second-order valence-electron chi connectivity index (χ2n) is 5.72. The molecule has 1 saturated heterocycles. The van der Waals surface area contributed by atoms with Crippen LogP contribution in [0.15, 0.2) is 28.8 Å². The first-order valence-corrected chi connectivity index (χ1v) is 7.79. The summed E-state index contributed by atoms with van der Waals surface area (Å²) in [6.45, 7) is 2.39. The number of rotatable bonds is 5. The molecule has 1 aromatic carbocycles. The lowest BCUT2D eigenvalue weighted by Crippen LogP contribution is -2.40. The summed E-state index contributed by atoms with van der Waals surface area (Å²) < 4.78 is 18.3. The minimum Gasteiger partial charge on any atom is -0.338 e. The fourth-order valence-corrected chi connectivity index (χ4v) is 3.00. The number of benzene rings is 1. The van der Waals surface area contributed by atoms with Gasteiger partial charge in [0.2, 0.25) is 11.7 Å². The van der Waals surface area contributed by atoms with Crippen LogP contribution in [0.2, 0.25) is 0 Å². The number of nitrogens with two attached hydrogens (primary N) is 1. The molecular formula is C16H21FN4O. The van der Waals surface area contributed by atoms with Crippen molar-refractivity contribution in [2.24, 2.45) is 5.73 Å². The molecule has 2 N–H and O–H groups in total. The molecule has 3 rings (SSSR count). The Morgan fingerprint density at radius 3 is 2.86 bits per heavy atom. The number of aromatic nitrogens is 2. The van der Waals surface area contributed by atoms with Crippen LogP contribution >= 0.6 is 0 Å². The fourth-order valence-electron chi connectivity index (χ4n) is 3.00. The fraction of sp³-hybridized carbons (Fsp3) is 0.500. The molecule has 22 heavy (non-hydrogen) atoms. The van der Waals surface area contributed by atoms with E-state index in [0.29, 0.717) is 30.8 Å². The molecule has 118 valence electrons. The zero-order chi connectivity index (χ0) is 15.4. The molecule has 0 amide bonds. The first-order chi connectivity index (χ1) is 10.8. The normalized spacial score (nSPS) is 19.5. The predicted molar refractivity (Wildman–Crippen MR) is 81.4 cm³/mol. The van der Waals surface area contributed by atoms with Crippen LogP contribution in [0, 0.1) is 5.82 Å². The van der Waals surface area contributed by atoms with Gasteiger partial charge in [-0.25, -0.2) is 4.39 Å². The van der Waals surface area contributed by atoms with E-state index in [0.717, 1.165) is 18.5 Å². The SMILES string of the molecule is NCCC1CCCCN1Cc1nc(-c2ccc(F)cc2)no1. The number of hydrogen-bond acceptors (Lipinski definition) is 5. The van der Waals surface area contributed by atoms with Crippen molar-refractivity contribution in [2.45, 2.75) is 38.3 Å². The van der Waals surface area contributed by atoms with Gasteiger partial charge in [-0.3, -0.25) is 4.90 Å². The van der Waals surface area contributed by atoms with Gasteiger partial charge in [-0.05, 0) is 56.6 Å². The van der Waals surface area contributed by atoms with Crippen molar-refractivity contribution in [1.82, 2.24) is 15.0 Å². The minimum absolute atomic E-state index is 0.273. The predicted octanol–water partition coefficient (Wildman–Crippen LogP) is 2.58. The molecule has 0 spiro atoms. The van der Waals surface area contributed by atoms with Crippen molar-refractivity contribution in [3.8, 4) is 11.4 Å². The highest BCUT2D eigenvalue weighted by atomic mass is 19.1. The Hall–Kier alpha value is -1.79. The Bertz CT molecular complexity index is 596. The summed E-state index contributed by atoms with van der Waals surface area (Å²) in [6, 6.07) is 6.60. The molecule has 1 aliphatic rings. The van der Waals surface area contributed by atoms with Gasteiger partial charge in [-0.15, -0.1) is 0 Å². The molecule has 0 bridgehead atoms. The Morgan fingerprint density at radius 2 is 2.09 bits per heavy atom. The molecule has 1 aromatic heterocycles. The third-order valence-corrected chi connectivity index (χ3v) is 4.16. The van der Waals surface area contributed by atoms with Crippen molar-refractivity contribution in [3.63, 3.8) is 0 Å². The molecule has 0 saturated carbocycles. The topological polar surface area (TPSA) is 68.2 Å². The zero-order valence-corrected chi connectivity index (χ0v) is 12.5. The van der Waals surface area contributed by atoms with Crippen molar-refractivity contribution in [2.75, 3.05) is 13.1 Å². The monoisotopic (exact) mass is 304 g/mol. The van der Waals surface area contributed by atoms with Gasteiger partial charge < -0.3 is 10.3 Å². The lowest BCUT2D eigenvalue weighted by atomic mass is 9.99. The average Bonchev–Trinajstić information content (AvgIpc) is 2.99. The van der Waals surface area contributed by atoms with Gasteiger partial charge in [0.05, 0.1) is 6.54 Å². The van der Waals surface area contributed by atoms with E-state index in [1.54, 1.807) is 12.1 Å². The highest BCUT2D eigenvalue weighted by molar-refractivity contribution is 5.53. The minimum atomic E-state index is -0.273. The van der Waals surface area contributed by atoms with Crippen molar-refractivity contribution >= 4 is 0 Å². The van der Waals surface area contributed by atoms with Crippen LogP contribution in [-0.4, -0.2) is 34.2 Å². The van der Waals surface area contributed by atoms with Crippen LogP contribution in [-0.2, 0) is 6.54 Å². The van der Waals surface area contributed by atoms with Crippen molar-refractivity contribution in [1.29, 1.82) is 0 Å². The van der Waals surface area contributed by atoms with Crippen molar-refractivity contribution < 1.29 is 8.91 Å². The Labute approximate surface area is 129 Å². The molecule has 0 radical (unpaired) electrons. The van der Waals surface area contributed by atoms with Gasteiger partial charge in [-0.2, -0.15) is 4.98 Å². The first kappa shape index (κ1) is 15.1. The molecule has 1 atom stereocenters. The van der Waals surface area contributed by atoms with Crippen LogP contribution < -0.4 is 5.73 Å². The standard InChI is InChI=1S/C16H21FN4O/c17-13-6-4-12(5-7-13)16-19-15(22-20-16)11-21-10-2-1-3-14(21)8-9-18/h4-7,14H,1-3,8-11,18H2. The van der Waals surface area contributed by atoms with Gasteiger partial charge in [0.25, 0.3) is 0 Å². The Morgan fingerprint density at radius 1 is 1.27 bits per heavy atom. The molecule has 2 heterocycles. The molecule has 2 aromatic rings. The van der Waals surface area contributed by atoms with E-state index in [9.17, 15) is 4.39 Å². The highest BCUT2D eigenvalue weighted by Crippen LogP contribution is 2.22. The maximum atomic E-state index is 13.0. The summed E-state index contributed by atoms with van der Waals surface area (Å²) in [5, 5.41) is 3.99. The average molecular weight is 304 g/mol. The molecule has 1 fully saturated rings. The van der Waals surface area contributed by atoms with Crippen LogP contribution in [0.3, 0.4) is 0 Å². The summed E-state index contributed by atoms with van der Waals surface area (Å²) in [5.41, 5.74) is 6.46. The Balaban J connectivity index is 1.69. The number of halogens is 1. The summed E-state index contributed by atoms with van der Waals surface area (Å²) >= 11 is 0. The van der Waals surface area contributed by atoms with Crippen LogP contribution in [0.25, 0.3) is 11.4 Å². The quantitative estimate of drug-likeness (QED) is 0.919. The van der Waals surface area contributed by atoms with Gasteiger partial charge >= 0.3 is 0 Å². The zero-order valence-electron chi connectivity index (χ0n) is 12.5. The van der Waals surface area contributed by atoms with Gasteiger partial charge in [0, 0.05) is 11.6 Å². The largest absolute Gasteiger partial charge is 0.338 e. The third kappa shape index (κ3) is 3.51. The Kier molecular flexibility index (Phi) is 4.80. The van der Waals surface area contributed by atoms with E-state index in [2.05, 4.69) is 15.0 Å². The number of piperidine rings is 1. The van der Waals surface area contributed by atoms with E-state index in [4.69, 9.17) is 10.3 Å². The molecule has 1 unspecified atom stereocenters. The van der Waals surface area contributed by atoms with Gasteiger partial charge in [0.1, 0.15) is 5.82 Å². The molecule has 1 aliphatic heterocycles. The second-order valence-corrected chi connectivity index (χ2v) is 5.72. The lowest BCUT2D eigenvalue weighted by Gasteiger charge is -2.34. The molecule has 5 nitrogen and oxygen atoms in total. The third-order valence-electron chi connectivity index (χ3n) is 4.16. The molecular weight excluding hydrogens is 283 g/mol. The number of hydrogen-bond donors (Lipinski definition) is 1. The van der Waals surface area contributed by atoms with Crippen LogP contribution in [0.4, 0.5) is 4.39 Å². The highest BCUT2D eigenvalue weighted by Gasteiger charge is 2.23. The van der Waals surface area contributed by atoms with Gasteiger partial charge in [-0.1, -0.05) is 11.6 Å². The summed E-state index contributed by atoms with van der Waals surface area (Å²) in [6.07, 6.45) is 4.63. The summed E-state index contributed by atoms with van der Waals surface area (Å²) in [5.74, 6) is 0.830. The van der Waals surface area contributed by atoms with E-state index >= 15 is 0 Å². The van der Waals surface area contributed by atoms with Gasteiger partial charge in [0.15, 0.2) is 0 Å². The van der Waals surface area contributed by atoms with E-state index in [-0.39, 0.29) is 5.82 Å². The molecule has 0 aliphatic carbocycles. The maximum absolute atomic E-state index is 13.0. The van der Waals surface area contributed by atoms with E-state index in [1.165, 1.54) is 31.4 Å². The van der Waals surface area contributed by atoms with Crippen molar-refractivity contribution in [3.05, 3.63) is 36.0 Å². The maximum Gasteiger partial charge on any atom is 0.241 e. The smallest absolute Gasteiger partial charge is 0.241 e. The van der Waals surface area contributed by atoms with E-state index < -0.39 is 0 Å². The summed E-state index contributed by atoms with van der Waals surface area (Å²) in [7, 11) is 0. The molecule has 6 heteroatoms. The van der Waals surface area contributed by atoms with Crippen LogP contribution in [0.1, 0.15) is 31.6 Å². The van der Waals surface area contributed by atoms with Crippen LogP contribution in [0.5, 0.6) is 0 Å². The lowest BCUT2D eigenvalue weighted by molar-refractivity contribution is 0.118. The summed E-state index contributed by atoms with van der Waals surface area (Å²) in [4.78, 5) is 6.80.